The Kier molecular flexibility index (Phi) is 9.56. The molecular weight excluding hydrogens is 494 g/mol. The highest BCUT2D eigenvalue weighted by atomic mass is 16.5. The van der Waals surface area contributed by atoms with Crippen molar-refractivity contribution < 1.29 is 24.2 Å². The fourth-order valence-electron chi connectivity index (χ4n) is 5.04. The number of urea groups is 1. The molecule has 8 heteroatoms. The molecule has 0 spiro atoms. The van der Waals surface area contributed by atoms with Gasteiger partial charge in [-0.1, -0.05) is 56.5 Å². The lowest BCUT2D eigenvalue weighted by atomic mass is 9.74. The highest BCUT2D eigenvalue weighted by molar-refractivity contribution is 5.94. The van der Waals surface area contributed by atoms with Gasteiger partial charge in [-0.05, 0) is 72.4 Å². The summed E-state index contributed by atoms with van der Waals surface area (Å²) in [6.07, 6.45) is 4.28. The van der Waals surface area contributed by atoms with E-state index < -0.39 is 5.97 Å². The fourth-order valence-corrected chi connectivity index (χ4v) is 5.04. The lowest BCUT2D eigenvalue weighted by Crippen LogP contribution is -2.39. The molecule has 3 aromatic rings. The molecule has 0 bridgehead atoms. The van der Waals surface area contributed by atoms with Gasteiger partial charge in [0.1, 0.15) is 11.5 Å². The van der Waals surface area contributed by atoms with Gasteiger partial charge in [0.2, 0.25) is 0 Å². The maximum absolute atomic E-state index is 13.1. The standard InChI is InChI=1S/C31H35N3O5/c1-21-7-5-6-10-27(21)29(22-11-13-23(14-12-22)30(37)32-20-19-28(35)36)34-31(38)33-24-15-17-26(18-16-24)39-25-8-3-2-4-9-25/h2-4,8-9,11-18,21,27,29H,5-7,10,19-20H2,1H3,(H,32,37)(H,35,36)(H2,33,34,38). The van der Waals surface area contributed by atoms with Crippen LogP contribution in [-0.4, -0.2) is 29.6 Å². The van der Waals surface area contributed by atoms with Crippen molar-refractivity contribution in [3.05, 3.63) is 90.0 Å². The summed E-state index contributed by atoms with van der Waals surface area (Å²) in [5, 5.41) is 17.5. The summed E-state index contributed by atoms with van der Waals surface area (Å²) >= 11 is 0. The Balaban J connectivity index is 1.42. The van der Waals surface area contributed by atoms with Gasteiger partial charge in [-0.3, -0.25) is 9.59 Å². The molecule has 0 aromatic heterocycles. The first-order valence-corrected chi connectivity index (χ1v) is 13.4. The quantitative estimate of drug-likeness (QED) is 0.243. The third-order valence-corrected chi connectivity index (χ3v) is 7.14. The van der Waals surface area contributed by atoms with Gasteiger partial charge in [0.15, 0.2) is 0 Å². The van der Waals surface area contributed by atoms with Crippen LogP contribution < -0.4 is 20.7 Å². The lowest BCUT2D eigenvalue weighted by molar-refractivity contribution is -0.136. The van der Waals surface area contributed by atoms with E-state index in [1.807, 2.05) is 54.6 Å². The number of aliphatic carboxylic acids is 1. The smallest absolute Gasteiger partial charge is 0.319 e. The first kappa shape index (κ1) is 27.7. The molecule has 1 fully saturated rings. The van der Waals surface area contributed by atoms with E-state index in [1.54, 1.807) is 24.3 Å². The monoisotopic (exact) mass is 529 g/mol. The molecule has 204 valence electrons. The maximum atomic E-state index is 13.1. The average molecular weight is 530 g/mol. The van der Waals surface area contributed by atoms with Gasteiger partial charge in [-0.25, -0.2) is 4.79 Å². The van der Waals surface area contributed by atoms with Gasteiger partial charge in [-0.2, -0.15) is 0 Å². The van der Waals surface area contributed by atoms with Gasteiger partial charge in [-0.15, -0.1) is 0 Å². The molecule has 4 rings (SSSR count). The molecule has 0 heterocycles. The average Bonchev–Trinajstić information content (AvgIpc) is 2.94. The number of nitrogens with one attached hydrogen (secondary N) is 3. The van der Waals surface area contributed by atoms with Gasteiger partial charge >= 0.3 is 12.0 Å². The maximum Gasteiger partial charge on any atom is 0.319 e. The number of anilines is 1. The minimum atomic E-state index is -0.962. The zero-order valence-electron chi connectivity index (χ0n) is 22.1. The van der Waals surface area contributed by atoms with E-state index in [-0.39, 0.29) is 36.9 Å². The van der Waals surface area contributed by atoms with E-state index in [9.17, 15) is 14.4 Å². The molecule has 1 saturated carbocycles. The highest BCUT2D eigenvalue weighted by Gasteiger charge is 2.31. The van der Waals surface area contributed by atoms with Crippen molar-refractivity contribution in [3.8, 4) is 11.5 Å². The predicted octanol–water partition coefficient (Wildman–Crippen LogP) is 6.37. The molecule has 1 aliphatic carbocycles. The number of carbonyl (C=O) groups is 3. The molecule has 0 saturated heterocycles. The number of carboxylic acid groups (broad SMARTS) is 1. The third-order valence-electron chi connectivity index (χ3n) is 7.14. The summed E-state index contributed by atoms with van der Waals surface area (Å²) < 4.78 is 5.83. The van der Waals surface area contributed by atoms with Crippen LogP contribution in [0.3, 0.4) is 0 Å². The summed E-state index contributed by atoms with van der Waals surface area (Å²) in [4.78, 5) is 36.2. The van der Waals surface area contributed by atoms with Crippen molar-refractivity contribution in [2.75, 3.05) is 11.9 Å². The number of carboxylic acids is 1. The van der Waals surface area contributed by atoms with Crippen LogP contribution in [0, 0.1) is 11.8 Å². The van der Waals surface area contributed by atoms with Crippen LogP contribution in [0.4, 0.5) is 10.5 Å². The highest BCUT2D eigenvalue weighted by Crippen LogP contribution is 2.38. The van der Waals surface area contributed by atoms with Crippen molar-refractivity contribution in [1.29, 1.82) is 0 Å². The third kappa shape index (κ3) is 8.07. The van der Waals surface area contributed by atoms with Gasteiger partial charge < -0.3 is 25.8 Å². The Hall–Kier alpha value is -4.33. The van der Waals surface area contributed by atoms with Crippen molar-refractivity contribution in [2.45, 2.75) is 45.1 Å². The van der Waals surface area contributed by atoms with Crippen LogP contribution in [0.5, 0.6) is 11.5 Å². The van der Waals surface area contributed by atoms with Crippen molar-refractivity contribution in [2.24, 2.45) is 11.8 Å². The Morgan fingerprint density at radius 3 is 2.23 bits per heavy atom. The molecule has 0 aliphatic heterocycles. The Labute approximate surface area is 228 Å². The predicted molar refractivity (Wildman–Crippen MR) is 150 cm³/mol. The Bertz CT molecular complexity index is 1250. The van der Waals surface area contributed by atoms with Crippen LogP contribution in [0.2, 0.25) is 0 Å². The van der Waals surface area contributed by atoms with E-state index in [1.165, 1.54) is 6.42 Å². The minimum absolute atomic E-state index is 0.0687. The van der Waals surface area contributed by atoms with E-state index in [0.717, 1.165) is 30.6 Å². The first-order valence-electron chi connectivity index (χ1n) is 13.4. The van der Waals surface area contributed by atoms with Crippen LogP contribution in [0.1, 0.15) is 61.0 Å². The normalized spacial score (nSPS) is 17.5. The summed E-state index contributed by atoms with van der Waals surface area (Å²) in [6.45, 7) is 2.30. The molecule has 8 nitrogen and oxygen atoms in total. The number of amides is 3. The molecule has 3 unspecified atom stereocenters. The van der Waals surface area contributed by atoms with Crippen LogP contribution in [0.15, 0.2) is 78.9 Å². The first-order chi connectivity index (χ1) is 18.9. The number of ether oxygens (including phenoxy) is 1. The largest absolute Gasteiger partial charge is 0.481 e. The van der Waals surface area contributed by atoms with Crippen LogP contribution in [0.25, 0.3) is 0 Å². The lowest BCUT2D eigenvalue weighted by Gasteiger charge is -2.36. The van der Waals surface area contributed by atoms with Crippen molar-refractivity contribution in [3.63, 3.8) is 0 Å². The van der Waals surface area contributed by atoms with Crippen LogP contribution in [-0.2, 0) is 4.79 Å². The van der Waals surface area contributed by atoms with Crippen molar-refractivity contribution in [1.82, 2.24) is 10.6 Å². The molecule has 3 aromatic carbocycles. The number of benzene rings is 3. The number of para-hydroxylation sites is 1. The fraction of sp³-hybridized carbons (Fsp3) is 0.323. The zero-order valence-corrected chi connectivity index (χ0v) is 22.1. The van der Waals surface area contributed by atoms with E-state index in [0.29, 0.717) is 22.9 Å². The van der Waals surface area contributed by atoms with Gasteiger partial charge in [0.25, 0.3) is 5.91 Å². The molecule has 0 radical (unpaired) electrons. The molecule has 1 aliphatic rings. The SMILES string of the molecule is CC1CCCCC1C(NC(=O)Nc1ccc(Oc2ccccc2)cc1)c1ccc(C(=O)NCCC(=O)O)cc1. The molecule has 3 amide bonds. The van der Waals surface area contributed by atoms with E-state index in [4.69, 9.17) is 9.84 Å². The Morgan fingerprint density at radius 2 is 1.56 bits per heavy atom. The van der Waals surface area contributed by atoms with Gasteiger partial charge in [0.05, 0.1) is 12.5 Å². The van der Waals surface area contributed by atoms with E-state index >= 15 is 0 Å². The van der Waals surface area contributed by atoms with E-state index in [2.05, 4.69) is 22.9 Å². The summed E-state index contributed by atoms with van der Waals surface area (Å²) in [5.74, 6) is 0.836. The molecular formula is C31H35N3O5. The van der Waals surface area contributed by atoms with Crippen molar-refractivity contribution >= 4 is 23.6 Å². The summed E-state index contributed by atoms with van der Waals surface area (Å²) in [7, 11) is 0. The number of rotatable bonds is 10. The topological polar surface area (TPSA) is 117 Å². The second-order valence-electron chi connectivity index (χ2n) is 9.96. The van der Waals surface area contributed by atoms with Gasteiger partial charge in [0, 0.05) is 17.8 Å². The summed E-state index contributed by atoms with van der Waals surface area (Å²) in [6, 6.07) is 23.4. The second kappa shape index (κ2) is 13.5. The van der Waals surface area contributed by atoms with Crippen LogP contribution >= 0.6 is 0 Å². The number of hydrogen-bond acceptors (Lipinski definition) is 4. The Morgan fingerprint density at radius 1 is 0.897 bits per heavy atom. The molecule has 39 heavy (non-hydrogen) atoms. The number of hydrogen-bond donors (Lipinski definition) is 4. The summed E-state index contributed by atoms with van der Waals surface area (Å²) in [5.41, 5.74) is 2.02. The molecule has 4 N–H and O–H groups in total. The molecule has 3 atom stereocenters. The number of carbonyl (C=O) groups excluding carboxylic acids is 2. The second-order valence-corrected chi connectivity index (χ2v) is 9.96. The minimum Gasteiger partial charge on any atom is -0.481 e. The zero-order chi connectivity index (χ0) is 27.6.